The average Bonchev–Trinajstić information content (AvgIpc) is 3.80. The molecule has 0 unspecified atom stereocenters. The van der Waals surface area contributed by atoms with Crippen LogP contribution in [0.25, 0.3) is 109 Å². The summed E-state index contributed by atoms with van der Waals surface area (Å²) in [5, 5.41) is 7.70. The Morgan fingerprint density at radius 3 is 1.90 bits per heavy atom. The number of para-hydroxylation sites is 2. The van der Waals surface area contributed by atoms with Crippen LogP contribution in [0.3, 0.4) is 0 Å². The molecule has 0 N–H and O–H groups in total. The van der Waals surface area contributed by atoms with Gasteiger partial charge >= 0.3 is 0 Å². The van der Waals surface area contributed by atoms with Gasteiger partial charge in [-0.2, -0.15) is 0 Å². The lowest BCUT2D eigenvalue weighted by Gasteiger charge is -2.11. The highest BCUT2D eigenvalue weighted by molar-refractivity contribution is 7.25. The number of thiophene rings is 1. The Labute approximate surface area is 302 Å². The third-order valence-corrected chi connectivity index (χ3v) is 11.2. The highest BCUT2D eigenvalue weighted by Crippen LogP contribution is 2.44. The Hall–Kier alpha value is -6.69. The molecule has 0 aliphatic carbocycles. The van der Waals surface area contributed by atoms with Crippen molar-refractivity contribution in [3.63, 3.8) is 0 Å². The number of pyridine rings is 1. The van der Waals surface area contributed by atoms with Crippen LogP contribution in [0.2, 0.25) is 0 Å². The van der Waals surface area contributed by atoms with Crippen molar-refractivity contribution in [2.45, 2.75) is 0 Å². The van der Waals surface area contributed by atoms with E-state index in [1.165, 1.54) is 20.2 Å². The van der Waals surface area contributed by atoms with E-state index in [4.69, 9.17) is 19.4 Å². The molecule has 11 aromatic rings. The summed E-state index contributed by atoms with van der Waals surface area (Å²) in [6.07, 6.45) is 0. The second kappa shape index (κ2) is 11.4. The summed E-state index contributed by atoms with van der Waals surface area (Å²) in [7, 11) is 0. The Balaban J connectivity index is 1.20. The maximum absolute atomic E-state index is 7.05. The summed E-state index contributed by atoms with van der Waals surface area (Å²) in [6.45, 7) is 0. The van der Waals surface area contributed by atoms with E-state index in [1.54, 1.807) is 0 Å². The summed E-state index contributed by atoms with van der Waals surface area (Å²) in [6, 6.07) is 57.0. The van der Waals surface area contributed by atoms with Gasteiger partial charge in [0, 0.05) is 63.8 Å². The van der Waals surface area contributed by atoms with Gasteiger partial charge in [0.15, 0.2) is 5.82 Å². The molecule has 4 aromatic heterocycles. The summed E-state index contributed by atoms with van der Waals surface area (Å²) in [5.74, 6) is 0.623. The van der Waals surface area contributed by atoms with E-state index in [1.807, 2.05) is 29.5 Å². The lowest BCUT2D eigenvalue weighted by Crippen LogP contribution is -1.96. The highest BCUT2D eigenvalue weighted by atomic mass is 32.1. The number of benzene rings is 7. The minimum atomic E-state index is 0.623. The van der Waals surface area contributed by atoms with E-state index in [9.17, 15) is 0 Å². The fourth-order valence-electron chi connectivity index (χ4n) is 7.73. The van der Waals surface area contributed by atoms with Gasteiger partial charge in [-0.3, -0.25) is 0 Å². The molecule has 0 aliphatic rings. The average molecular weight is 682 g/mol. The van der Waals surface area contributed by atoms with Gasteiger partial charge in [-0.25, -0.2) is 15.0 Å². The van der Waals surface area contributed by atoms with Gasteiger partial charge in [-0.15, -0.1) is 11.3 Å². The largest absolute Gasteiger partial charge is 0.455 e. The minimum absolute atomic E-state index is 0.623. The lowest BCUT2D eigenvalue weighted by molar-refractivity contribution is 0.673. The fourth-order valence-corrected chi connectivity index (χ4v) is 8.86. The van der Waals surface area contributed by atoms with Crippen LogP contribution < -0.4 is 0 Å². The number of fused-ring (bicyclic) bond motifs is 10. The first-order valence-corrected chi connectivity index (χ1v) is 18.2. The van der Waals surface area contributed by atoms with E-state index in [0.717, 1.165) is 82.9 Å². The summed E-state index contributed by atoms with van der Waals surface area (Å²) in [4.78, 5) is 15.7. The van der Waals surface area contributed by atoms with Crippen LogP contribution in [0.5, 0.6) is 0 Å². The molecule has 0 fully saturated rings. The summed E-state index contributed by atoms with van der Waals surface area (Å²) >= 11 is 1.81. The van der Waals surface area contributed by atoms with E-state index in [-0.39, 0.29) is 0 Å². The smallest absolute Gasteiger partial charge is 0.164 e. The molecule has 4 nitrogen and oxygen atoms in total. The molecular weight excluding hydrogens is 655 g/mol. The van der Waals surface area contributed by atoms with Crippen LogP contribution in [0.1, 0.15) is 0 Å². The lowest BCUT2D eigenvalue weighted by atomic mass is 9.97. The maximum Gasteiger partial charge on any atom is 0.164 e. The highest BCUT2D eigenvalue weighted by Gasteiger charge is 2.21. The van der Waals surface area contributed by atoms with Gasteiger partial charge in [0.25, 0.3) is 0 Å². The van der Waals surface area contributed by atoms with Crippen molar-refractivity contribution >= 4 is 75.1 Å². The Morgan fingerprint density at radius 2 is 1.04 bits per heavy atom. The topological polar surface area (TPSA) is 51.8 Å². The van der Waals surface area contributed by atoms with Gasteiger partial charge in [0.1, 0.15) is 11.2 Å². The second-order valence-electron chi connectivity index (χ2n) is 13.1. The van der Waals surface area contributed by atoms with Crippen LogP contribution in [0.15, 0.2) is 168 Å². The van der Waals surface area contributed by atoms with E-state index >= 15 is 0 Å². The fraction of sp³-hybridized carbons (Fsp3) is 0. The van der Waals surface area contributed by atoms with E-state index in [0.29, 0.717) is 5.82 Å². The quantitative estimate of drug-likeness (QED) is 0.174. The maximum atomic E-state index is 7.05. The molecule has 0 amide bonds. The van der Waals surface area contributed by atoms with Crippen molar-refractivity contribution in [1.29, 1.82) is 0 Å². The second-order valence-corrected chi connectivity index (χ2v) is 14.2. The molecule has 11 rings (SSSR count). The molecule has 0 aliphatic heterocycles. The van der Waals surface area contributed by atoms with Gasteiger partial charge < -0.3 is 4.42 Å². The number of furan rings is 1. The molecule has 0 saturated carbocycles. The molecule has 0 bridgehead atoms. The van der Waals surface area contributed by atoms with Crippen molar-refractivity contribution in [3.8, 4) is 45.2 Å². The number of hydrogen-bond acceptors (Lipinski definition) is 5. The van der Waals surface area contributed by atoms with Crippen LogP contribution in [0.4, 0.5) is 0 Å². The molecule has 7 aromatic carbocycles. The normalized spacial score (nSPS) is 11.8. The Morgan fingerprint density at radius 1 is 0.404 bits per heavy atom. The summed E-state index contributed by atoms with van der Waals surface area (Å²) in [5.41, 5.74) is 9.26. The van der Waals surface area contributed by atoms with Crippen molar-refractivity contribution in [2.75, 3.05) is 0 Å². The van der Waals surface area contributed by atoms with Gasteiger partial charge in [0.2, 0.25) is 0 Å². The van der Waals surface area contributed by atoms with Crippen LogP contribution in [-0.4, -0.2) is 15.0 Å². The van der Waals surface area contributed by atoms with Gasteiger partial charge in [0.05, 0.1) is 28.2 Å². The number of hydrogen-bond donors (Lipinski definition) is 0. The van der Waals surface area contributed by atoms with E-state index in [2.05, 4.69) is 146 Å². The first kappa shape index (κ1) is 29.1. The first-order chi connectivity index (χ1) is 25.8. The number of nitrogens with zero attached hydrogens (tertiary/aromatic N) is 3. The number of aromatic nitrogens is 3. The monoisotopic (exact) mass is 681 g/mol. The predicted octanol–water partition coefficient (Wildman–Crippen LogP) is 13.1. The Kier molecular flexibility index (Phi) is 6.39. The predicted molar refractivity (Wildman–Crippen MR) is 217 cm³/mol. The standard InChI is InChI=1S/C47H27N3OS/c1-3-13-28(14-4-1)38-27-39(33-20-12-24-41-42(33)34-18-8-10-23-40(34)52-41)50-47(49-38)36-21-11-19-30-31-25-26-35-43(46(31)51-45(30)36)32-17-7-9-22-37(32)48-44(35)29-15-5-2-6-16-29/h1-27H. The van der Waals surface area contributed by atoms with Crippen molar-refractivity contribution < 1.29 is 4.42 Å². The van der Waals surface area contributed by atoms with Gasteiger partial charge in [-0.1, -0.05) is 127 Å². The number of rotatable bonds is 4. The molecule has 4 heterocycles. The van der Waals surface area contributed by atoms with Crippen molar-refractivity contribution in [2.24, 2.45) is 0 Å². The van der Waals surface area contributed by atoms with Gasteiger partial charge in [-0.05, 0) is 36.4 Å². The summed E-state index contributed by atoms with van der Waals surface area (Å²) < 4.78 is 9.55. The zero-order valence-corrected chi connectivity index (χ0v) is 28.6. The zero-order valence-electron chi connectivity index (χ0n) is 27.7. The van der Waals surface area contributed by atoms with Crippen molar-refractivity contribution in [1.82, 2.24) is 15.0 Å². The first-order valence-electron chi connectivity index (χ1n) is 17.4. The zero-order chi connectivity index (χ0) is 34.2. The van der Waals surface area contributed by atoms with Crippen molar-refractivity contribution in [3.05, 3.63) is 164 Å². The minimum Gasteiger partial charge on any atom is -0.455 e. The third kappa shape index (κ3) is 4.43. The molecule has 52 heavy (non-hydrogen) atoms. The third-order valence-electron chi connectivity index (χ3n) is 10.1. The molecule has 0 saturated heterocycles. The molecule has 242 valence electrons. The molecule has 0 radical (unpaired) electrons. The molecule has 0 atom stereocenters. The SMILES string of the molecule is c1ccc(-c2cc(-c3cccc4sc5ccccc5c34)nc(-c3cccc4c3oc3c4ccc4c(-c5ccccc5)nc5ccccc5c43)n2)cc1. The Bertz CT molecular complexity index is 3180. The van der Waals surface area contributed by atoms with Crippen LogP contribution in [-0.2, 0) is 0 Å². The van der Waals surface area contributed by atoms with E-state index < -0.39 is 0 Å². The molecule has 5 heteroatoms. The van der Waals surface area contributed by atoms with Crippen LogP contribution in [0, 0.1) is 0 Å². The molecule has 0 spiro atoms. The molecular formula is C47H27N3OS. The van der Waals surface area contributed by atoms with Crippen LogP contribution >= 0.6 is 11.3 Å².